The quantitative estimate of drug-likeness (QED) is 0.340. The molecule has 0 radical (unpaired) electrons. The van der Waals surface area contributed by atoms with E-state index in [2.05, 4.69) is 66.8 Å². The topological polar surface area (TPSA) is 44.8 Å². The molecule has 1 aromatic rings. The zero-order chi connectivity index (χ0) is 23.3. The lowest BCUT2D eigenvalue weighted by Crippen LogP contribution is -2.55. The minimum absolute atomic E-state index is 0.106. The third-order valence-electron chi connectivity index (χ3n) is 7.08. The van der Waals surface area contributed by atoms with Crippen LogP contribution in [0.5, 0.6) is 0 Å². The van der Waals surface area contributed by atoms with E-state index in [9.17, 15) is 4.79 Å². The lowest BCUT2D eigenvalue weighted by molar-refractivity contribution is -0.151. The second kappa shape index (κ2) is 11.1. The summed E-state index contributed by atoms with van der Waals surface area (Å²) in [7, 11) is -3.91. The van der Waals surface area contributed by atoms with E-state index >= 15 is 0 Å². The molecule has 0 unspecified atom stereocenters. The summed E-state index contributed by atoms with van der Waals surface area (Å²) in [4.78, 5) is 14.4. The van der Waals surface area contributed by atoms with Crippen molar-refractivity contribution in [1.29, 1.82) is 0 Å². The molecular weight excluding hydrogens is 440 g/mol. The molecule has 3 atom stereocenters. The van der Waals surface area contributed by atoms with Gasteiger partial charge in [0.15, 0.2) is 22.4 Å². The first kappa shape index (κ1) is 26.8. The van der Waals surface area contributed by atoms with Gasteiger partial charge in [0.05, 0.1) is 6.61 Å². The number of carbonyl (C=O) groups excluding carboxylic acids is 1. The van der Waals surface area contributed by atoms with Crippen LogP contribution in [0, 0.1) is 0 Å². The van der Waals surface area contributed by atoms with Crippen LogP contribution < -0.4 is 0 Å². The molecule has 1 aliphatic heterocycles. The van der Waals surface area contributed by atoms with Crippen molar-refractivity contribution in [3.63, 3.8) is 0 Å². The number of hydrogen-bond donors (Lipinski definition) is 0. The van der Waals surface area contributed by atoms with Crippen LogP contribution in [-0.2, 0) is 18.4 Å². The van der Waals surface area contributed by atoms with Gasteiger partial charge in [0, 0.05) is 11.3 Å². The third-order valence-corrected chi connectivity index (χ3v) is 17.3. The van der Waals surface area contributed by atoms with Gasteiger partial charge in [0.1, 0.15) is 17.6 Å². The van der Waals surface area contributed by atoms with Crippen LogP contribution in [-0.4, -0.2) is 46.7 Å². The summed E-state index contributed by atoms with van der Waals surface area (Å²) in [5.41, 5.74) is -0.205. The maximum absolute atomic E-state index is 13.3. The summed E-state index contributed by atoms with van der Waals surface area (Å²) in [6.07, 6.45) is -0.486. The molecule has 0 amide bonds. The zero-order valence-corrected chi connectivity index (χ0v) is 23.5. The Morgan fingerprint density at radius 2 is 1.65 bits per heavy atom. The van der Waals surface area contributed by atoms with E-state index in [1.54, 1.807) is 11.8 Å². The van der Waals surface area contributed by atoms with Crippen LogP contribution in [0.4, 0.5) is 0 Å². The van der Waals surface area contributed by atoms with Gasteiger partial charge in [-0.1, -0.05) is 71.5 Å². The van der Waals surface area contributed by atoms with Gasteiger partial charge < -0.3 is 13.6 Å². The number of carbonyl (C=O) groups is 1. The molecule has 31 heavy (non-hydrogen) atoms. The first-order chi connectivity index (χ1) is 14.5. The standard InChI is InChI=1S/C24H42O4SSi2/c1-9-31(10-2,11-3)28-23-20(25)17-22(29-19-15-13-12-14-16-19)27-21(23)18-26-30(7,8)24(4,5)6/h12-16,21-23H,9-11,17-18H2,1-8H3/t21-,22-,23+/m1/s1. The van der Waals surface area contributed by atoms with Gasteiger partial charge in [0.25, 0.3) is 0 Å². The normalized spacial score (nSPS) is 23.2. The number of benzene rings is 1. The molecule has 0 saturated carbocycles. The van der Waals surface area contributed by atoms with Crippen molar-refractivity contribution >= 4 is 34.2 Å². The average molecular weight is 483 g/mol. The van der Waals surface area contributed by atoms with Gasteiger partial charge in [-0.2, -0.15) is 0 Å². The molecule has 1 heterocycles. The van der Waals surface area contributed by atoms with Crippen molar-refractivity contribution in [2.24, 2.45) is 0 Å². The highest BCUT2D eigenvalue weighted by Crippen LogP contribution is 2.39. The van der Waals surface area contributed by atoms with Crippen molar-refractivity contribution in [3.05, 3.63) is 30.3 Å². The lowest BCUT2D eigenvalue weighted by Gasteiger charge is -2.42. The average Bonchev–Trinajstić information content (AvgIpc) is 2.72. The fraction of sp³-hybridized carbons (Fsp3) is 0.708. The highest BCUT2D eigenvalue weighted by molar-refractivity contribution is 7.99. The van der Waals surface area contributed by atoms with Crippen molar-refractivity contribution < 1.29 is 18.4 Å². The molecule has 1 fully saturated rings. The van der Waals surface area contributed by atoms with Crippen molar-refractivity contribution in [1.82, 2.24) is 0 Å². The predicted molar refractivity (Wildman–Crippen MR) is 136 cm³/mol. The molecule has 0 bridgehead atoms. The molecule has 4 nitrogen and oxygen atoms in total. The van der Waals surface area contributed by atoms with Crippen LogP contribution >= 0.6 is 11.8 Å². The van der Waals surface area contributed by atoms with Crippen LogP contribution in [0.1, 0.15) is 48.0 Å². The van der Waals surface area contributed by atoms with Gasteiger partial charge in [-0.05, 0) is 48.4 Å². The largest absolute Gasteiger partial charge is 0.414 e. The molecule has 0 spiro atoms. The summed E-state index contributed by atoms with van der Waals surface area (Å²) in [6.45, 7) is 18.2. The summed E-state index contributed by atoms with van der Waals surface area (Å²) < 4.78 is 19.7. The fourth-order valence-electron chi connectivity index (χ4n) is 3.57. The predicted octanol–water partition coefficient (Wildman–Crippen LogP) is 6.88. The summed E-state index contributed by atoms with van der Waals surface area (Å²) in [6, 6.07) is 13.2. The highest BCUT2D eigenvalue weighted by atomic mass is 32.2. The lowest BCUT2D eigenvalue weighted by atomic mass is 10.1. The van der Waals surface area contributed by atoms with Gasteiger partial charge in [-0.3, -0.25) is 4.79 Å². The van der Waals surface area contributed by atoms with Crippen molar-refractivity contribution in [2.45, 2.75) is 107 Å². The van der Waals surface area contributed by atoms with Crippen molar-refractivity contribution in [2.75, 3.05) is 6.61 Å². The van der Waals surface area contributed by atoms with E-state index in [4.69, 9.17) is 13.6 Å². The Morgan fingerprint density at radius 1 is 1.06 bits per heavy atom. The number of hydrogen-bond acceptors (Lipinski definition) is 5. The molecular formula is C24H42O4SSi2. The third kappa shape index (κ3) is 7.02. The zero-order valence-electron chi connectivity index (χ0n) is 20.7. The van der Waals surface area contributed by atoms with Gasteiger partial charge in [0.2, 0.25) is 0 Å². The second-order valence-corrected chi connectivity index (χ2v) is 20.8. The Labute approximate surface area is 196 Å². The Kier molecular flexibility index (Phi) is 9.61. The maximum Gasteiger partial charge on any atom is 0.193 e. The molecule has 1 saturated heterocycles. The van der Waals surface area contributed by atoms with E-state index < -0.39 is 22.7 Å². The van der Waals surface area contributed by atoms with Crippen LogP contribution in [0.2, 0.25) is 36.3 Å². The molecule has 1 aliphatic rings. The van der Waals surface area contributed by atoms with Gasteiger partial charge in [-0.25, -0.2) is 0 Å². The second-order valence-electron chi connectivity index (χ2n) is 10.1. The Bertz CT molecular complexity index is 693. The summed E-state index contributed by atoms with van der Waals surface area (Å²) >= 11 is 1.62. The first-order valence-corrected chi connectivity index (χ1v) is 18.0. The number of Topliss-reactive ketones (excluding diaryl/α,β-unsaturated/α-hetero) is 1. The van der Waals surface area contributed by atoms with E-state index in [-0.39, 0.29) is 22.4 Å². The SMILES string of the molecule is CC[Si](CC)(CC)O[C@H]1C(=O)C[C@@H](Sc2ccccc2)O[C@@H]1CO[Si](C)(C)C(C)(C)C. The summed E-state index contributed by atoms with van der Waals surface area (Å²) in [5, 5.41) is 0.106. The molecule has 1 aromatic carbocycles. The van der Waals surface area contributed by atoms with E-state index in [0.717, 1.165) is 23.0 Å². The van der Waals surface area contributed by atoms with Gasteiger partial charge in [-0.15, -0.1) is 0 Å². The molecule has 176 valence electrons. The molecule has 7 heteroatoms. The summed E-state index contributed by atoms with van der Waals surface area (Å²) in [5.74, 6) is 0.163. The Hall–Kier alpha value is -0.446. The maximum atomic E-state index is 13.3. The first-order valence-electron chi connectivity index (χ1n) is 11.7. The highest BCUT2D eigenvalue weighted by Gasteiger charge is 2.45. The Morgan fingerprint density at radius 3 is 2.16 bits per heavy atom. The van der Waals surface area contributed by atoms with Crippen molar-refractivity contribution in [3.8, 4) is 0 Å². The molecule has 2 rings (SSSR count). The number of ketones is 1. The van der Waals surface area contributed by atoms with Crippen LogP contribution in [0.3, 0.4) is 0 Å². The van der Waals surface area contributed by atoms with Crippen LogP contribution in [0.15, 0.2) is 35.2 Å². The Balaban J connectivity index is 2.22. The molecule has 0 aromatic heterocycles. The number of thioether (sulfide) groups is 1. The van der Waals surface area contributed by atoms with E-state index in [1.165, 1.54) is 0 Å². The number of rotatable bonds is 10. The smallest absolute Gasteiger partial charge is 0.193 e. The van der Waals surface area contributed by atoms with Crippen LogP contribution in [0.25, 0.3) is 0 Å². The monoisotopic (exact) mass is 482 g/mol. The van der Waals surface area contributed by atoms with E-state index in [1.807, 2.05) is 18.2 Å². The minimum Gasteiger partial charge on any atom is -0.414 e. The fourth-order valence-corrected chi connectivity index (χ4v) is 8.47. The van der Waals surface area contributed by atoms with Gasteiger partial charge >= 0.3 is 0 Å². The number of ether oxygens (including phenoxy) is 1. The molecule has 0 aliphatic carbocycles. The minimum atomic E-state index is -1.96. The van der Waals surface area contributed by atoms with E-state index in [0.29, 0.717) is 13.0 Å². The molecule has 0 N–H and O–H groups in total.